The van der Waals surface area contributed by atoms with Crippen LogP contribution in [0.15, 0.2) is 24.3 Å². The Morgan fingerprint density at radius 3 is 2.60 bits per heavy atom. The normalized spacial score (nSPS) is 18.1. The van der Waals surface area contributed by atoms with E-state index in [2.05, 4.69) is 21.9 Å². The summed E-state index contributed by atoms with van der Waals surface area (Å²) in [4.78, 5) is 4.63. The first-order valence-corrected chi connectivity index (χ1v) is 5.45. The van der Waals surface area contributed by atoms with E-state index in [0.29, 0.717) is 0 Å². The Bertz CT molecular complexity index is 281. The molecule has 1 heterocycles. The maximum Gasteiger partial charge on any atom is 0.0558 e. The summed E-state index contributed by atoms with van der Waals surface area (Å²) in [6.07, 6.45) is 0. The molecule has 1 N–H and O–H groups in total. The summed E-state index contributed by atoms with van der Waals surface area (Å²) < 4.78 is 0. The highest BCUT2D eigenvalue weighted by Crippen LogP contribution is 2.14. The molecular formula is C12H17N2O. The Labute approximate surface area is 90.9 Å². The zero-order valence-electron chi connectivity index (χ0n) is 8.89. The summed E-state index contributed by atoms with van der Waals surface area (Å²) in [5, 5.41) is 8.84. The highest BCUT2D eigenvalue weighted by atomic mass is 16.3. The Kier molecular flexibility index (Phi) is 3.59. The Morgan fingerprint density at radius 2 is 2.00 bits per heavy atom. The van der Waals surface area contributed by atoms with Crippen LogP contribution in [0.25, 0.3) is 0 Å². The van der Waals surface area contributed by atoms with Gasteiger partial charge >= 0.3 is 0 Å². The molecule has 15 heavy (non-hydrogen) atoms. The monoisotopic (exact) mass is 205 g/mol. The first-order valence-electron chi connectivity index (χ1n) is 5.45. The average molecular weight is 205 g/mol. The number of piperazine rings is 1. The van der Waals surface area contributed by atoms with Gasteiger partial charge in [-0.2, -0.15) is 0 Å². The van der Waals surface area contributed by atoms with Crippen molar-refractivity contribution in [2.45, 2.75) is 0 Å². The molecule has 3 nitrogen and oxygen atoms in total. The van der Waals surface area contributed by atoms with Crippen LogP contribution in [0.4, 0.5) is 5.69 Å². The first kappa shape index (κ1) is 10.5. The summed E-state index contributed by atoms with van der Waals surface area (Å²) >= 11 is 0. The molecule has 1 aliphatic rings. The fourth-order valence-electron chi connectivity index (χ4n) is 1.93. The van der Waals surface area contributed by atoms with E-state index in [4.69, 9.17) is 5.11 Å². The molecule has 1 aliphatic heterocycles. The lowest BCUT2D eigenvalue weighted by atomic mass is 10.2. The minimum Gasteiger partial charge on any atom is -0.395 e. The van der Waals surface area contributed by atoms with Gasteiger partial charge in [0.2, 0.25) is 0 Å². The molecular weight excluding hydrogens is 188 g/mol. The van der Waals surface area contributed by atoms with E-state index in [1.807, 2.05) is 18.2 Å². The van der Waals surface area contributed by atoms with Crippen LogP contribution in [-0.4, -0.2) is 49.3 Å². The van der Waals surface area contributed by atoms with Crippen LogP contribution in [-0.2, 0) is 0 Å². The molecule has 1 radical (unpaired) electrons. The topological polar surface area (TPSA) is 26.7 Å². The van der Waals surface area contributed by atoms with Gasteiger partial charge in [0.25, 0.3) is 0 Å². The molecule has 2 rings (SSSR count). The van der Waals surface area contributed by atoms with Gasteiger partial charge in [-0.05, 0) is 6.07 Å². The molecule has 81 valence electrons. The number of benzene rings is 1. The number of hydrogen-bond donors (Lipinski definition) is 1. The van der Waals surface area contributed by atoms with Gasteiger partial charge in [-0.3, -0.25) is 4.90 Å². The summed E-state index contributed by atoms with van der Waals surface area (Å²) in [6, 6.07) is 11.3. The lowest BCUT2D eigenvalue weighted by Crippen LogP contribution is -2.47. The Hall–Kier alpha value is -1.06. The van der Waals surface area contributed by atoms with Gasteiger partial charge in [-0.25, -0.2) is 0 Å². The third kappa shape index (κ3) is 2.70. The number of aliphatic hydroxyl groups excluding tert-OH is 1. The van der Waals surface area contributed by atoms with Gasteiger partial charge in [-0.15, -0.1) is 0 Å². The van der Waals surface area contributed by atoms with Crippen LogP contribution in [0, 0.1) is 6.07 Å². The van der Waals surface area contributed by atoms with Crippen molar-refractivity contribution in [3.05, 3.63) is 30.3 Å². The molecule has 3 heteroatoms. The molecule has 0 bridgehead atoms. The summed E-state index contributed by atoms with van der Waals surface area (Å²) in [6.45, 7) is 5.18. The maximum atomic E-state index is 8.84. The first-order chi connectivity index (χ1) is 7.40. The predicted molar refractivity (Wildman–Crippen MR) is 61.0 cm³/mol. The van der Waals surface area contributed by atoms with Crippen LogP contribution in [0.1, 0.15) is 0 Å². The Balaban J connectivity index is 1.88. The second-order valence-corrected chi connectivity index (χ2v) is 3.80. The van der Waals surface area contributed by atoms with Gasteiger partial charge in [0, 0.05) is 44.5 Å². The van der Waals surface area contributed by atoms with E-state index >= 15 is 0 Å². The van der Waals surface area contributed by atoms with Crippen LogP contribution < -0.4 is 4.90 Å². The van der Waals surface area contributed by atoms with Crippen LogP contribution in [0.2, 0.25) is 0 Å². The summed E-state index contributed by atoms with van der Waals surface area (Å²) in [7, 11) is 0. The molecule has 0 atom stereocenters. The molecule has 1 aromatic carbocycles. The number of anilines is 1. The lowest BCUT2D eigenvalue weighted by Gasteiger charge is -2.35. The largest absolute Gasteiger partial charge is 0.395 e. The molecule has 0 saturated carbocycles. The van der Waals surface area contributed by atoms with E-state index in [1.165, 1.54) is 5.69 Å². The number of rotatable bonds is 3. The molecule has 0 amide bonds. The fourth-order valence-corrected chi connectivity index (χ4v) is 1.93. The quantitative estimate of drug-likeness (QED) is 0.783. The number of hydrogen-bond acceptors (Lipinski definition) is 3. The van der Waals surface area contributed by atoms with E-state index in [-0.39, 0.29) is 6.61 Å². The molecule has 1 aromatic rings. The molecule has 1 fully saturated rings. The second kappa shape index (κ2) is 5.14. The van der Waals surface area contributed by atoms with Crippen molar-refractivity contribution in [3.8, 4) is 0 Å². The summed E-state index contributed by atoms with van der Waals surface area (Å²) in [5.41, 5.74) is 1.18. The van der Waals surface area contributed by atoms with Gasteiger partial charge in [0.05, 0.1) is 6.61 Å². The zero-order chi connectivity index (χ0) is 10.5. The van der Waals surface area contributed by atoms with Gasteiger partial charge < -0.3 is 10.0 Å². The molecule has 1 saturated heterocycles. The van der Waals surface area contributed by atoms with Crippen molar-refractivity contribution in [3.63, 3.8) is 0 Å². The second-order valence-electron chi connectivity index (χ2n) is 3.80. The van der Waals surface area contributed by atoms with Crippen LogP contribution in [0.5, 0.6) is 0 Å². The van der Waals surface area contributed by atoms with Crippen molar-refractivity contribution in [1.82, 2.24) is 4.90 Å². The SMILES string of the molecule is OCCN1CCN(c2[c]cccc2)CC1. The molecule has 0 aromatic heterocycles. The maximum absolute atomic E-state index is 8.84. The number of aliphatic hydroxyl groups is 1. The van der Waals surface area contributed by atoms with Gasteiger partial charge in [0.1, 0.15) is 0 Å². The minimum absolute atomic E-state index is 0.261. The molecule has 0 spiro atoms. The van der Waals surface area contributed by atoms with Crippen molar-refractivity contribution in [2.75, 3.05) is 44.2 Å². The third-order valence-corrected chi connectivity index (χ3v) is 2.82. The number of para-hydroxylation sites is 1. The third-order valence-electron chi connectivity index (χ3n) is 2.82. The molecule has 0 unspecified atom stereocenters. The van der Waals surface area contributed by atoms with Gasteiger partial charge in [0.15, 0.2) is 0 Å². The Morgan fingerprint density at radius 1 is 1.20 bits per heavy atom. The predicted octanol–water partition coefficient (Wildman–Crippen LogP) is 0.601. The fraction of sp³-hybridized carbons (Fsp3) is 0.500. The van der Waals surface area contributed by atoms with Crippen molar-refractivity contribution < 1.29 is 5.11 Å². The minimum atomic E-state index is 0.261. The highest BCUT2D eigenvalue weighted by Gasteiger charge is 2.15. The standard InChI is InChI=1S/C12H17N2O/c15-11-10-13-6-8-14(9-7-13)12-4-2-1-3-5-12/h1-4,15H,6-11H2. The summed E-state index contributed by atoms with van der Waals surface area (Å²) in [5.74, 6) is 0. The number of nitrogens with zero attached hydrogens (tertiary/aromatic N) is 2. The van der Waals surface area contributed by atoms with Crippen LogP contribution in [0.3, 0.4) is 0 Å². The molecule has 0 aliphatic carbocycles. The van der Waals surface area contributed by atoms with Crippen molar-refractivity contribution >= 4 is 5.69 Å². The lowest BCUT2D eigenvalue weighted by molar-refractivity contribution is 0.189. The van der Waals surface area contributed by atoms with Crippen molar-refractivity contribution in [2.24, 2.45) is 0 Å². The zero-order valence-corrected chi connectivity index (χ0v) is 8.89. The van der Waals surface area contributed by atoms with E-state index in [1.54, 1.807) is 0 Å². The van der Waals surface area contributed by atoms with E-state index in [9.17, 15) is 0 Å². The van der Waals surface area contributed by atoms with Crippen molar-refractivity contribution in [1.29, 1.82) is 0 Å². The highest BCUT2D eigenvalue weighted by molar-refractivity contribution is 5.45. The van der Waals surface area contributed by atoms with E-state index in [0.717, 1.165) is 32.7 Å². The van der Waals surface area contributed by atoms with E-state index < -0.39 is 0 Å². The average Bonchev–Trinajstić information content (AvgIpc) is 2.32. The number of β-amino-alcohol motifs (C(OH)–C–C–N with tert-alkyl or cyclic N) is 1. The van der Waals surface area contributed by atoms with Gasteiger partial charge in [-0.1, -0.05) is 18.2 Å². The van der Waals surface area contributed by atoms with Crippen LogP contribution >= 0.6 is 0 Å². The smallest absolute Gasteiger partial charge is 0.0558 e.